The van der Waals surface area contributed by atoms with E-state index in [2.05, 4.69) is 10.3 Å². The minimum atomic E-state index is -0.585. The third-order valence-electron chi connectivity index (χ3n) is 3.93. The Morgan fingerprint density at radius 1 is 1.11 bits per heavy atom. The van der Waals surface area contributed by atoms with Crippen molar-refractivity contribution >= 4 is 18.0 Å². The maximum Gasteiger partial charge on any atom is 0.413 e. The first-order valence-electron chi connectivity index (χ1n) is 9.40. The van der Waals surface area contributed by atoms with Crippen LogP contribution in [-0.2, 0) is 9.47 Å². The molecule has 1 aromatic heterocycles. The van der Waals surface area contributed by atoms with Crippen LogP contribution in [-0.4, -0.2) is 39.8 Å². The summed E-state index contributed by atoms with van der Waals surface area (Å²) in [4.78, 5) is 30.6. The molecule has 1 atom stereocenters. The van der Waals surface area contributed by atoms with Crippen LogP contribution < -0.4 is 5.32 Å². The number of aromatic nitrogens is 1. The first-order chi connectivity index (χ1) is 12.4. The van der Waals surface area contributed by atoms with E-state index in [1.54, 1.807) is 37.9 Å². The van der Waals surface area contributed by atoms with Crippen LogP contribution in [0.5, 0.6) is 0 Å². The lowest BCUT2D eigenvalue weighted by molar-refractivity contribution is 0.00947. The molecular formula is C20H31N3O4. The molecule has 2 amide bonds. The van der Waals surface area contributed by atoms with Crippen LogP contribution in [0.4, 0.5) is 15.4 Å². The lowest BCUT2D eigenvalue weighted by atomic mass is 9.96. The first kappa shape index (κ1) is 21.0. The van der Waals surface area contributed by atoms with E-state index in [4.69, 9.17) is 9.47 Å². The molecule has 0 bridgehead atoms. The van der Waals surface area contributed by atoms with Crippen molar-refractivity contribution in [3.63, 3.8) is 0 Å². The van der Waals surface area contributed by atoms with Crippen molar-refractivity contribution in [2.75, 3.05) is 11.9 Å². The topological polar surface area (TPSA) is 80.8 Å². The highest BCUT2D eigenvalue weighted by Crippen LogP contribution is 2.32. The van der Waals surface area contributed by atoms with E-state index in [9.17, 15) is 9.59 Å². The smallest absolute Gasteiger partial charge is 0.413 e. The monoisotopic (exact) mass is 377 g/mol. The van der Waals surface area contributed by atoms with Gasteiger partial charge in [-0.3, -0.25) is 5.32 Å². The largest absolute Gasteiger partial charge is 0.444 e. The Morgan fingerprint density at radius 3 is 2.41 bits per heavy atom. The van der Waals surface area contributed by atoms with E-state index >= 15 is 0 Å². The lowest BCUT2D eigenvalue weighted by Gasteiger charge is -2.37. The van der Waals surface area contributed by atoms with E-state index in [-0.39, 0.29) is 12.1 Å². The number of piperidine rings is 1. The average molecular weight is 377 g/mol. The molecule has 7 heteroatoms. The van der Waals surface area contributed by atoms with Crippen LogP contribution >= 0.6 is 0 Å². The van der Waals surface area contributed by atoms with Gasteiger partial charge >= 0.3 is 12.2 Å². The van der Waals surface area contributed by atoms with Crippen molar-refractivity contribution in [3.05, 3.63) is 23.9 Å². The fourth-order valence-electron chi connectivity index (χ4n) is 2.95. The van der Waals surface area contributed by atoms with E-state index < -0.39 is 17.3 Å². The Morgan fingerprint density at radius 2 is 1.78 bits per heavy atom. The van der Waals surface area contributed by atoms with Crippen molar-refractivity contribution in [1.82, 2.24) is 9.88 Å². The summed E-state index contributed by atoms with van der Waals surface area (Å²) in [5.74, 6) is 0.400. The third kappa shape index (κ3) is 6.73. The molecule has 2 rings (SSSR count). The van der Waals surface area contributed by atoms with Gasteiger partial charge in [-0.05, 0) is 78.5 Å². The molecule has 1 saturated heterocycles. The van der Waals surface area contributed by atoms with Crippen molar-refractivity contribution < 1.29 is 19.1 Å². The van der Waals surface area contributed by atoms with Crippen LogP contribution in [0, 0.1) is 0 Å². The number of hydrogen-bond acceptors (Lipinski definition) is 5. The minimum Gasteiger partial charge on any atom is -0.444 e. The van der Waals surface area contributed by atoms with Gasteiger partial charge in [0.05, 0.1) is 6.04 Å². The maximum atomic E-state index is 12.6. The Bertz CT molecular complexity index is 677. The molecule has 7 nitrogen and oxygen atoms in total. The van der Waals surface area contributed by atoms with E-state index in [1.165, 1.54) is 0 Å². The second-order valence-corrected chi connectivity index (χ2v) is 8.79. The Hall–Kier alpha value is -2.31. The molecule has 0 radical (unpaired) electrons. The summed E-state index contributed by atoms with van der Waals surface area (Å²) in [6, 6.07) is 3.56. The number of nitrogens with one attached hydrogen (secondary N) is 1. The van der Waals surface area contributed by atoms with Gasteiger partial charge in [0.1, 0.15) is 17.0 Å². The van der Waals surface area contributed by atoms with Crippen molar-refractivity contribution in [1.29, 1.82) is 0 Å². The van der Waals surface area contributed by atoms with Crippen molar-refractivity contribution in [3.8, 4) is 0 Å². The number of pyridine rings is 1. The number of carbonyl (C=O) groups is 2. The fourth-order valence-corrected chi connectivity index (χ4v) is 2.95. The summed E-state index contributed by atoms with van der Waals surface area (Å²) >= 11 is 0. The highest BCUT2D eigenvalue weighted by atomic mass is 16.6. The summed E-state index contributed by atoms with van der Waals surface area (Å²) in [5.41, 5.74) is -0.207. The number of rotatable bonds is 2. The highest BCUT2D eigenvalue weighted by Gasteiger charge is 2.31. The van der Waals surface area contributed by atoms with Gasteiger partial charge in [0.2, 0.25) is 0 Å². The van der Waals surface area contributed by atoms with Gasteiger partial charge in [0, 0.05) is 12.7 Å². The van der Waals surface area contributed by atoms with Gasteiger partial charge in [-0.2, -0.15) is 0 Å². The van der Waals surface area contributed by atoms with Crippen molar-refractivity contribution in [2.24, 2.45) is 0 Å². The molecule has 1 unspecified atom stereocenters. The molecule has 0 aliphatic carbocycles. The van der Waals surface area contributed by atoms with Gasteiger partial charge in [-0.1, -0.05) is 0 Å². The summed E-state index contributed by atoms with van der Waals surface area (Å²) < 4.78 is 10.8. The molecule has 0 aromatic carbocycles. The molecule has 1 aromatic rings. The van der Waals surface area contributed by atoms with Gasteiger partial charge in [0.15, 0.2) is 0 Å². The van der Waals surface area contributed by atoms with Gasteiger partial charge < -0.3 is 14.4 Å². The molecule has 1 N–H and O–H groups in total. The molecule has 27 heavy (non-hydrogen) atoms. The Balaban J connectivity index is 2.15. The van der Waals surface area contributed by atoms with Gasteiger partial charge in [-0.15, -0.1) is 0 Å². The minimum absolute atomic E-state index is 0.101. The van der Waals surface area contributed by atoms with Crippen LogP contribution in [0.2, 0.25) is 0 Å². The van der Waals surface area contributed by atoms with Gasteiger partial charge in [-0.25, -0.2) is 14.6 Å². The SMILES string of the molecule is CC(C)(C)OC(=O)Nc1cc(C2CCCCN2C(=O)OC(C)(C)C)ccn1. The quantitative estimate of drug-likeness (QED) is 0.793. The normalized spacial score (nSPS) is 18.0. The summed E-state index contributed by atoms with van der Waals surface area (Å²) in [6.07, 6.45) is 3.58. The van der Waals surface area contributed by atoms with Crippen LogP contribution in [0.15, 0.2) is 18.3 Å². The zero-order valence-corrected chi connectivity index (χ0v) is 17.2. The number of likely N-dealkylation sites (tertiary alicyclic amines) is 1. The van der Waals surface area contributed by atoms with Crippen molar-refractivity contribution in [2.45, 2.75) is 78.0 Å². The summed E-state index contributed by atoms with van der Waals surface area (Å²) in [5, 5.41) is 2.65. The van der Waals surface area contributed by atoms with Gasteiger partial charge in [0.25, 0.3) is 0 Å². The Labute approximate surface area is 161 Å². The fraction of sp³-hybridized carbons (Fsp3) is 0.650. The highest BCUT2D eigenvalue weighted by molar-refractivity contribution is 5.83. The molecular weight excluding hydrogens is 346 g/mol. The number of carbonyl (C=O) groups excluding carboxylic acids is 2. The molecule has 0 spiro atoms. The van der Waals surface area contributed by atoms with Crippen LogP contribution in [0.3, 0.4) is 0 Å². The zero-order valence-electron chi connectivity index (χ0n) is 17.2. The molecule has 1 fully saturated rings. The average Bonchev–Trinajstić information content (AvgIpc) is 2.51. The number of amides is 2. The molecule has 2 heterocycles. The molecule has 1 aliphatic heterocycles. The zero-order chi connectivity index (χ0) is 20.2. The number of anilines is 1. The lowest BCUT2D eigenvalue weighted by Crippen LogP contribution is -2.41. The predicted octanol–water partition coefficient (Wildman–Crippen LogP) is 4.89. The molecule has 1 aliphatic rings. The molecule has 150 valence electrons. The van der Waals surface area contributed by atoms with E-state index in [0.29, 0.717) is 12.4 Å². The second kappa shape index (κ2) is 8.15. The standard InChI is InChI=1S/C20H31N3O4/c1-19(2,3)26-17(24)22-16-13-14(10-11-21-16)15-9-7-8-12-23(15)18(25)27-20(4,5)6/h10-11,13,15H,7-9,12H2,1-6H3,(H,21,22,24). The Kier molecular flexibility index (Phi) is 6.34. The van der Waals surface area contributed by atoms with E-state index in [1.807, 2.05) is 26.8 Å². The summed E-state index contributed by atoms with van der Waals surface area (Å²) in [7, 11) is 0. The summed E-state index contributed by atoms with van der Waals surface area (Å²) in [6.45, 7) is 11.6. The number of ether oxygens (including phenoxy) is 2. The maximum absolute atomic E-state index is 12.6. The number of nitrogens with zero attached hydrogens (tertiary/aromatic N) is 2. The third-order valence-corrected chi connectivity index (χ3v) is 3.93. The van der Waals surface area contributed by atoms with E-state index in [0.717, 1.165) is 24.8 Å². The molecule has 0 saturated carbocycles. The first-order valence-corrected chi connectivity index (χ1v) is 9.40. The predicted molar refractivity (Wildman–Crippen MR) is 104 cm³/mol. The van der Waals surface area contributed by atoms with Crippen LogP contribution in [0.25, 0.3) is 0 Å². The number of hydrogen-bond donors (Lipinski definition) is 1. The second-order valence-electron chi connectivity index (χ2n) is 8.79. The van der Waals surface area contributed by atoms with Crippen LogP contribution in [0.1, 0.15) is 72.4 Å².